The molecule has 2 aliphatic rings. The fourth-order valence-corrected chi connectivity index (χ4v) is 4.09. The number of fused-ring (bicyclic) bond motifs is 5. The summed E-state index contributed by atoms with van der Waals surface area (Å²) in [4.78, 5) is 24.8. The molecule has 29 heavy (non-hydrogen) atoms. The average molecular weight is 390 g/mol. The van der Waals surface area contributed by atoms with E-state index < -0.39 is 11.4 Å². The zero-order valence-electron chi connectivity index (χ0n) is 15.7. The number of esters is 1. The summed E-state index contributed by atoms with van der Waals surface area (Å²) in [6.07, 6.45) is 2.17. The Morgan fingerprint density at radius 3 is 2.76 bits per heavy atom. The molecule has 2 aromatic carbocycles. The number of anilines is 1. The first-order valence-electron chi connectivity index (χ1n) is 9.27. The Balaban J connectivity index is 1.81. The molecule has 0 saturated carbocycles. The molecular weight excluding hydrogens is 372 g/mol. The van der Waals surface area contributed by atoms with Gasteiger partial charge in [-0.15, -0.1) is 0 Å². The monoisotopic (exact) mass is 390 g/mol. The van der Waals surface area contributed by atoms with Gasteiger partial charge in [-0.1, -0.05) is 18.2 Å². The van der Waals surface area contributed by atoms with Gasteiger partial charge in [0.2, 0.25) is 0 Å². The van der Waals surface area contributed by atoms with Gasteiger partial charge in [0.25, 0.3) is 0 Å². The maximum Gasteiger partial charge on any atom is 0.343 e. The Morgan fingerprint density at radius 1 is 1.21 bits per heavy atom. The third-order valence-corrected chi connectivity index (χ3v) is 5.37. The fraction of sp³-hybridized carbons (Fsp3) is 0.182. The summed E-state index contributed by atoms with van der Waals surface area (Å²) in [5.74, 6) is -0.109. The van der Waals surface area contributed by atoms with E-state index in [9.17, 15) is 14.7 Å². The Kier molecular flexibility index (Phi) is 3.84. The van der Waals surface area contributed by atoms with Crippen LogP contribution in [0.3, 0.4) is 0 Å². The fourth-order valence-electron chi connectivity index (χ4n) is 4.09. The maximum atomic E-state index is 12.7. The van der Waals surface area contributed by atoms with Crippen molar-refractivity contribution in [1.29, 1.82) is 0 Å². The summed E-state index contributed by atoms with van der Waals surface area (Å²) in [5, 5.41) is 12.4. The molecule has 0 radical (unpaired) electrons. The van der Waals surface area contributed by atoms with Crippen molar-refractivity contribution in [1.82, 2.24) is 4.68 Å². The van der Waals surface area contributed by atoms with Crippen molar-refractivity contribution in [2.75, 3.05) is 18.7 Å². The number of phenolic OH excluding ortho intramolecular Hbond substituents is 1. The number of methoxy groups -OCH3 is 1. The van der Waals surface area contributed by atoms with Crippen LogP contribution in [0, 0.1) is 0 Å². The minimum atomic E-state index is -0.677. The van der Waals surface area contributed by atoms with Crippen LogP contribution in [0.2, 0.25) is 0 Å². The van der Waals surface area contributed by atoms with E-state index in [-0.39, 0.29) is 11.3 Å². The van der Waals surface area contributed by atoms with E-state index in [1.807, 2.05) is 35.3 Å². The zero-order valence-corrected chi connectivity index (χ0v) is 15.7. The van der Waals surface area contributed by atoms with Crippen LogP contribution in [0.4, 0.5) is 5.69 Å². The van der Waals surface area contributed by atoms with Crippen LogP contribution in [-0.2, 0) is 17.7 Å². The van der Waals surface area contributed by atoms with E-state index >= 15 is 0 Å². The van der Waals surface area contributed by atoms with Gasteiger partial charge in [0, 0.05) is 29.8 Å². The maximum absolute atomic E-state index is 12.7. The summed E-state index contributed by atoms with van der Waals surface area (Å²) in [6.45, 7) is 0.933. The molecule has 3 heterocycles. The minimum Gasteiger partial charge on any atom is -0.504 e. The van der Waals surface area contributed by atoms with Crippen molar-refractivity contribution in [3.63, 3.8) is 0 Å². The van der Waals surface area contributed by atoms with Crippen molar-refractivity contribution < 1.29 is 19.4 Å². The van der Waals surface area contributed by atoms with Gasteiger partial charge in [-0.2, -0.15) is 0 Å². The molecule has 1 N–H and O–H groups in total. The minimum absolute atomic E-state index is 0.0349. The SMILES string of the molecule is COC(=O)c1cn2c(cc1=O)-c1c(cc(O)c3c1CCO3)CN2c1ccccc1. The molecule has 0 amide bonds. The van der Waals surface area contributed by atoms with Crippen molar-refractivity contribution in [3.8, 4) is 22.8 Å². The first kappa shape index (κ1) is 17.4. The number of rotatable bonds is 2. The topological polar surface area (TPSA) is 81.0 Å². The highest BCUT2D eigenvalue weighted by Gasteiger charge is 2.31. The summed E-state index contributed by atoms with van der Waals surface area (Å²) < 4.78 is 12.2. The number of hydrogen-bond acceptors (Lipinski definition) is 6. The third-order valence-electron chi connectivity index (χ3n) is 5.37. The number of carbonyl (C=O) groups is 1. The van der Waals surface area contributed by atoms with E-state index in [0.29, 0.717) is 31.0 Å². The molecule has 2 aliphatic heterocycles. The lowest BCUT2D eigenvalue weighted by atomic mass is 9.93. The van der Waals surface area contributed by atoms with Crippen molar-refractivity contribution in [2.45, 2.75) is 13.0 Å². The van der Waals surface area contributed by atoms with Crippen LogP contribution in [0.5, 0.6) is 11.5 Å². The number of nitrogens with zero attached hydrogens (tertiary/aromatic N) is 2. The Bertz CT molecular complexity index is 1200. The lowest BCUT2D eigenvalue weighted by molar-refractivity contribution is 0.0598. The predicted molar refractivity (Wildman–Crippen MR) is 106 cm³/mol. The molecule has 5 rings (SSSR count). The molecule has 0 spiro atoms. The summed E-state index contributed by atoms with van der Waals surface area (Å²) in [6, 6.07) is 12.8. The summed E-state index contributed by atoms with van der Waals surface area (Å²) in [5.41, 5.74) is 3.73. The Morgan fingerprint density at radius 2 is 2.00 bits per heavy atom. The number of aromatic hydroxyl groups is 1. The molecular formula is C22H18N2O5. The Labute approximate surface area is 166 Å². The molecule has 0 bridgehead atoms. The van der Waals surface area contributed by atoms with E-state index in [0.717, 1.165) is 22.4 Å². The van der Waals surface area contributed by atoms with Crippen LogP contribution in [0.25, 0.3) is 11.3 Å². The first-order valence-corrected chi connectivity index (χ1v) is 9.27. The molecule has 0 atom stereocenters. The number of pyridine rings is 1. The van der Waals surface area contributed by atoms with Gasteiger partial charge in [-0.05, 0) is 23.8 Å². The van der Waals surface area contributed by atoms with Crippen LogP contribution >= 0.6 is 0 Å². The zero-order chi connectivity index (χ0) is 20.1. The smallest absolute Gasteiger partial charge is 0.343 e. The number of phenols is 1. The van der Waals surface area contributed by atoms with Gasteiger partial charge in [-0.3, -0.25) is 14.5 Å². The molecule has 0 aliphatic carbocycles. The highest BCUT2D eigenvalue weighted by molar-refractivity contribution is 5.90. The average Bonchev–Trinajstić information content (AvgIpc) is 3.23. The normalized spacial score (nSPS) is 13.9. The van der Waals surface area contributed by atoms with Crippen LogP contribution in [-0.4, -0.2) is 29.5 Å². The third kappa shape index (κ3) is 2.58. The van der Waals surface area contributed by atoms with Crippen LogP contribution < -0.4 is 15.2 Å². The van der Waals surface area contributed by atoms with Gasteiger partial charge < -0.3 is 14.6 Å². The van der Waals surface area contributed by atoms with Crippen LogP contribution in [0.15, 0.2) is 53.5 Å². The molecule has 7 heteroatoms. The largest absolute Gasteiger partial charge is 0.504 e. The van der Waals surface area contributed by atoms with Crippen molar-refractivity contribution in [2.24, 2.45) is 0 Å². The number of carbonyl (C=O) groups excluding carboxylic acids is 1. The molecule has 0 fully saturated rings. The summed E-state index contributed by atoms with van der Waals surface area (Å²) in [7, 11) is 1.25. The molecule has 7 nitrogen and oxygen atoms in total. The number of aromatic nitrogens is 1. The number of para-hydroxylation sites is 1. The molecule has 0 saturated heterocycles. The highest BCUT2D eigenvalue weighted by Crippen LogP contribution is 2.46. The van der Waals surface area contributed by atoms with Gasteiger partial charge in [0.05, 0.1) is 31.6 Å². The number of ether oxygens (including phenoxy) is 2. The number of benzene rings is 2. The van der Waals surface area contributed by atoms with Crippen molar-refractivity contribution >= 4 is 11.7 Å². The number of hydrogen-bond donors (Lipinski definition) is 1. The quantitative estimate of drug-likeness (QED) is 0.678. The van der Waals surface area contributed by atoms with Gasteiger partial charge in [-0.25, -0.2) is 4.79 Å². The van der Waals surface area contributed by atoms with Gasteiger partial charge in [0.15, 0.2) is 16.9 Å². The second-order valence-electron chi connectivity index (χ2n) is 7.00. The van der Waals surface area contributed by atoms with E-state index in [2.05, 4.69) is 0 Å². The molecule has 1 aromatic heterocycles. The molecule has 0 unspecified atom stereocenters. The van der Waals surface area contributed by atoms with Crippen LogP contribution in [0.1, 0.15) is 21.5 Å². The van der Waals surface area contributed by atoms with E-state index in [4.69, 9.17) is 9.47 Å². The highest BCUT2D eigenvalue weighted by atomic mass is 16.5. The Hall–Kier alpha value is -3.74. The second-order valence-corrected chi connectivity index (χ2v) is 7.00. The molecule has 3 aromatic rings. The lowest BCUT2D eigenvalue weighted by Gasteiger charge is -2.36. The second kappa shape index (κ2) is 6.41. The van der Waals surface area contributed by atoms with Crippen molar-refractivity contribution in [3.05, 3.63) is 75.6 Å². The lowest BCUT2D eigenvalue weighted by Crippen LogP contribution is -2.36. The molecule has 146 valence electrons. The standard InChI is InChI=1S/C22H18N2O5/c1-28-22(27)16-12-24-17(10-18(16)25)20-13(9-19(26)21-15(20)7-8-29-21)11-23(24)14-5-3-2-4-6-14/h2-6,9-10,12,26H,7-8,11H2,1H3. The van der Waals surface area contributed by atoms with E-state index in [1.54, 1.807) is 10.7 Å². The van der Waals surface area contributed by atoms with Gasteiger partial charge in [0.1, 0.15) is 5.56 Å². The van der Waals surface area contributed by atoms with Gasteiger partial charge >= 0.3 is 5.97 Å². The van der Waals surface area contributed by atoms with E-state index in [1.165, 1.54) is 19.4 Å². The predicted octanol–water partition coefficient (Wildman–Crippen LogP) is 2.73. The first-order chi connectivity index (χ1) is 14.1. The summed E-state index contributed by atoms with van der Waals surface area (Å²) >= 11 is 0.